The third-order valence-corrected chi connectivity index (χ3v) is 10.1. The minimum absolute atomic E-state index is 0.00620. The number of anilines is 1. The highest BCUT2D eigenvalue weighted by molar-refractivity contribution is 7.99. The van der Waals surface area contributed by atoms with Gasteiger partial charge < -0.3 is 9.80 Å². The maximum atomic E-state index is 15.4. The molecule has 15 heteroatoms. The highest BCUT2D eigenvalue weighted by atomic mass is 35.5. The average molecular weight is 694 g/mol. The highest BCUT2D eigenvalue weighted by Gasteiger charge is 2.40. The maximum absolute atomic E-state index is 15.4. The molecule has 0 N–H and O–H groups in total. The molecular weight excluding hydrogens is 668 g/mol. The fraction of sp³-hybridized carbons (Fsp3) is 0.312. The van der Waals surface area contributed by atoms with Crippen molar-refractivity contribution >= 4 is 46.0 Å². The van der Waals surface area contributed by atoms with Crippen molar-refractivity contribution in [2.45, 2.75) is 49.5 Å². The zero-order chi connectivity index (χ0) is 33.9. The lowest BCUT2D eigenvalue weighted by atomic mass is 9.95. The number of halogens is 7. The number of benzene rings is 2. The van der Waals surface area contributed by atoms with Crippen LogP contribution in [0.1, 0.15) is 30.9 Å². The fourth-order valence-corrected chi connectivity index (χ4v) is 8.08. The predicted octanol–water partition coefficient (Wildman–Crippen LogP) is 7.05. The Labute approximate surface area is 273 Å². The predicted molar refractivity (Wildman–Crippen MR) is 167 cm³/mol. The molecule has 1 amide bonds. The van der Waals surface area contributed by atoms with Crippen molar-refractivity contribution in [3.05, 3.63) is 93.4 Å². The van der Waals surface area contributed by atoms with E-state index in [1.165, 1.54) is 22.9 Å². The van der Waals surface area contributed by atoms with Gasteiger partial charge in [0.1, 0.15) is 23.3 Å². The molecule has 4 heterocycles. The number of carbonyl (C=O) groups excluding carboxylic acids is 1. The number of hydrogen-bond acceptors (Lipinski definition) is 6. The van der Waals surface area contributed by atoms with Gasteiger partial charge in [0.05, 0.1) is 22.3 Å². The second-order valence-electron chi connectivity index (χ2n) is 11.6. The van der Waals surface area contributed by atoms with Crippen molar-refractivity contribution < 1.29 is 31.1 Å². The van der Waals surface area contributed by atoms with Gasteiger partial charge in [0.2, 0.25) is 5.91 Å². The van der Waals surface area contributed by atoms with Crippen molar-refractivity contribution in [3.8, 4) is 11.1 Å². The van der Waals surface area contributed by atoms with E-state index in [0.717, 1.165) is 30.1 Å². The molecule has 2 aromatic heterocycles. The van der Waals surface area contributed by atoms with Crippen molar-refractivity contribution in [1.29, 1.82) is 0 Å². The van der Waals surface area contributed by atoms with Crippen LogP contribution in [-0.2, 0) is 17.5 Å². The molecule has 6 rings (SSSR count). The van der Waals surface area contributed by atoms with Crippen LogP contribution < -0.4 is 10.6 Å². The van der Waals surface area contributed by atoms with Gasteiger partial charge in [0.15, 0.2) is 0 Å². The molecule has 0 saturated carbocycles. The molecule has 1 unspecified atom stereocenters. The molecule has 7 nitrogen and oxygen atoms in total. The van der Waals surface area contributed by atoms with Crippen LogP contribution in [0.4, 0.5) is 32.2 Å². The van der Waals surface area contributed by atoms with Crippen molar-refractivity contribution in [1.82, 2.24) is 19.4 Å². The Hall–Kier alpha value is -4.04. The minimum Gasteiger partial charge on any atom is -0.352 e. The van der Waals surface area contributed by atoms with E-state index < -0.39 is 69.0 Å². The number of amides is 1. The molecule has 4 aromatic rings. The van der Waals surface area contributed by atoms with Gasteiger partial charge in [-0.25, -0.2) is 18.0 Å². The molecule has 1 fully saturated rings. The minimum atomic E-state index is -5.05. The SMILES string of the molecule is C=CC(=O)N1[C@H](C)CN(c2nc(=O)n3c4c(c(-c5cc(Cl)c(F)cc5F)c(C(F)(F)F)cc24)SCC(c2ccncc2F)C3)C[C@@H]1C. The summed E-state index contributed by atoms with van der Waals surface area (Å²) in [5.74, 6) is -4.20. The summed E-state index contributed by atoms with van der Waals surface area (Å²) in [5, 5.41) is -0.643. The lowest BCUT2D eigenvalue weighted by Gasteiger charge is -2.44. The summed E-state index contributed by atoms with van der Waals surface area (Å²) in [6.45, 7) is 7.17. The normalized spacial score (nSPS) is 20.0. The first kappa shape index (κ1) is 32.9. The molecule has 0 spiro atoms. The summed E-state index contributed by atoms with van der Waals surface area (Å²) in [7, 11) is 0. The van der Waals surface area contributed by atoms with Crippen LogP contribution in [-0.4, -0.2) is 56.3 Å². The molecule has 0 aliphatic carbocycles. The summed E-state index contributed by atoms with van der Waals surface area (Å²) in [6, 6.07) is 2.58. The van der Waals surface area contributed by atoms with Gasteiger partial charge >= 0.3 is 11.9 Å². The fourth-order valence-electron chi connectivity index (χ4n) is 6.55. The Morgan fingerprint density at radius 3 is 2.40 bits per heavy atom. The Morgan fingerprint density at radius 2 is 1.77 bits per heavy atom. The third kappa shape index (κ3) is 5.75. The number of pyridine rings is 1. The maximum Gasteiger partial charge on any atom is 0.417 e. The van der Waals surface area contributed by atoms with E-state index >= 15 is 17.6 Å². The monoisotopic (exact) mass is 693 g/mol. The van der Waals surface area contributed by atoms with Crippen LogP contribution in [0.25, 0.3) is 22.0 Å². The number of rotatable bonds is 4. The van der Waals surface area contributed by atoms with E-state index in [1.807, 2.05) is 0 Å². The third-order valence-electron chi connectivity index (χ3n) is 8.51. The molecule has 2 aliphatic rings. The van der Waals surface area contributed by atoms with Crippen LogP contribution in [0, 0.1) is 17.5 Å². The summed E-state index contributed by atoms with van der Waals surface area (Å²) in [4.78, 5) is 37.6. The van der Waals surface area contributed by atoms with Crippen LogP contribution in [0.3, 0.4) is 0 Å². The summed E-state index contributed by atoms with van der Waals surface area (Å²) >= 11 is 6.85. The highest BCUT2D eigenvalue weighted by Crippen LogP contribution is 2.50. The van der Waals surface area contributed by atoms with Gasteiger partial charge in [-0.2, -0.15) is 18.2 Å². The Morgan fingerprint density at radius 1 is 1.06 bits per heavy atom. The van der Waals surface area contributed by atoms with Gasteiger partial charge in [-0.1, -0.05) is 18.2 Å². The molecule has 3 atom stereocenters. The standard InChI is InChI=1S/C32H26ClF6N5O2S/c1-4-26(45)44-15(2)11-42(12-16(44)3)30-20-7-21(32(37,38)39)27(19-8-22(33)24(35)9-23(19)34)29-28(20)43(31(46)41-30)13-17(14-47-29)18-5-6-40-10-25(18)36/h4-10,15-17H,1,11-14H2,2-3H3/t15-,16+,17?. The van der Waals surface area contributed by atoms with E-state index in [9.17, 15) is 18.4 Å². The number of nitrogens with zero attached hydrogens (tertiary/aromatic N) is 5. The number of thioether (sulfide) groups is 1. The molecule has 47 heavy (non-hydrogen) atoms. The Bertz CT molecular complexity index is 1990. The van der Waals surface area contributed by atoms with Crippen molar-refractivity contribution in [2.75, 3.05) is 23.7 Å². The largest absolute Gasteiger partial charge is 0.417 e. The first-order chi connectivity index (χ1) is 22.2. The van der Waals surface area contributed by atoms with E-state index in [-0.39, 0.29) is 58.5 Å². The number of carbonyl (C=O) groups is 1. The van der Waals surface area contributed by atoms with Gasteiger partial charge in [-0.3, -0.25) is 14.3 Å². The number of aromatic nitrogens is 3. The van der Waals surface area contributed by atoms with Gasteiger partial charge in [0.25, 0.3) is 0 Å². The van der Waals surface area contributed by atoms with E-state index in [2.05, 4.69) is 16.5 Å². The summed E-state index contributed by atoms with van der Waals surface area (Å²) in [5.41, 5.74) is -3.09. The first-order valence-electron chi connectivity index (χ1n) is 14.5. The smallest absolute Gasteiger partial charge is 0.352 e. The van der Waals surface area contributed by atoms with Gasteiger partial charge in [0, 0.05) is 77.1 Å². The zero-order valence-electron chi connectivity index (χ0n) is 24.9. The van der Waals surface area contributed by atoms with Crippen LogP contribution in [0.2, 0.25) is 5.02 Å². The molecule has 246 valence electrons. The number of piperazine rings is 1. The molecule has 2 aromatic carbocycles. The van der Waals surface area contributed by atoms with E-state index in [4.69, 9.17) is 11.6 Å². The van der Waals surface area contributed by atoms with Crippen molar-refractivity contribution in [3.63, 3.8) is 0 Å². The lowest BCUT2D eigenvalue weighted by molar-refractivity contribution is -0.137. The van der Waals surface area contributed by atoms with Crippen molar-refractivity contribution in [2.24, 2.45) is 0 Å². The van der Waals surface area contributed by atoms with Crippen LogP contribution >= 0.6 is 23.4 Å². The quantitative estimate of drug-likeness (QED) is 0.130. The molecular formula is C32H26ClF6N5O2S. The van der Waals surface area contributed by atoms with Crippen LogP contribution in [0.15, 0.2) is 59.0 Å². The zero-order valence-corrected chi connectivity index (χ0v) is 26.5. The summed E-state index contributed by atoms with van der Waals surface area (Å²) < 4.78 is 90.8. The average Bonchev–Trinajstić information content (AvgIpc) is 3.21. The summed E-state index contributed by atoms with van der Waals surface area (Å²) in [6.07, 6.45) is -1.51. The Balaban J connectivity index is 1.67. The Kier molecular flexibility index (Phi) is 8.54. The molecule has 0 bridgehead atoms. The lowest BCUT2D eigenvalue weighted by Crippen LogP contribution is -2.58. The second-order valence-corrected chi connectivity index (χ2v) is 13.0. The number of hydrogen-bond donors (Lipinski definition) is 0. The molecule has 0 radical (unpaired) electrons. The molecule has 2 aliphatic heterocycles. The van der Waals surface area contributed by atoms with E-state index in [0.29, 0.717) is 6.07 Å². The van der Waals surface area contributed by atoms with Gasteiger partial charge in [-0.15, -0.1) is 11.8 Å². The topological polar surface area (TPSA) is 71.3 Å². The van der Waals surface area contributed by atoms with Gasteiger partial charge in [-0.05, 0) is 43.7 Å². The first-order valence-corrected chi connectivity index (χ1v) is 15.8. The molecule has 1 saturated heterocycles. The van der Waals surface area contributed by atoms with E-state index in [1.54, 1.807) is 23.6 Å². The van der Waals surface area contributed by atoms with Crippen LogP contribution in [0.5, 0.6) is 0 Å². The number of alkyl halides is 3. The second kappa shape index (κ2) is 12.2.